The predicted octanol–water partition coefficient (Wildman–Crippen LogP) is 3.83. The minimum atomic E-state index is -4.46. The van der Waals surface area contributed by atoms with Crippen molar-refractivity contribution >= 4 is 5.91 Å². The van der Waals surface area contributed by atoms with Gasteiger partial charge in [0.15, 0.2) is 5.69 Å². The molecule has 1 amide bonds. The maximum atomic E-state index is 13.6. The average molecular weight is 473 g/mol. The van der Waals surface area contributed by atoms with E-state index in [9.17, 15) is 18.0 Å². The molecule has 2 aliphatic heterocycles. The summed E-state index contributed by atoms with van der Waals surface area (Å²) in [6.07, 6.45) is 0.212. The van der Waals surface area contributed by atoms with Gasteiger partial charge in [-0.25, -0.2) is 9.67 Å². The third-order valence-electron chi connectivity index (χ3n) is 5.91. The minimum absolute atomic E-state index is 0.0762. The summed E-state index contributed by atoms with van der Waals surface area (Å²) in [5.74, 6) is 0.360. The molecule has 2 aliphatic rings. The van der Waals surface area contributed by atoms with Crippen molar-refractivity contribution in [2.45, 2.75) is 38.0 Å². The van der Waals surface area contributed by atoms with Gasteiger partial charge in [-0.05, 0) is 31.0 Å². The SMILES string of the molecule is O=C(c1nn2c(c1-c1ccccn1)OCCC2)N1CCC[C@H]1COc1ccc(C(F)(F)F)cn1. The Morgan fingerprint density at radius 2 is 2.03 bits per heavy atom. The Hall–Kier alpha value is -3.63. The Morgan fingerprint density at radius 1 is 1.15 bits per heavy atom. The molecular formula is C23H22F3N5O3. The first-order valence-electron chi connectivity index (χ1n) is 11.0. The second-order valence-electron chi connectivity index (χ2n) is 8.16. The van der Waals surface area contributed by atoms with Crippen molar-refractivity contribution in [2.24, 2.45) is 0 Å². The minimum Gasteiger partial charge on any atom is -0.477 e. The largest absolute Gasteiger partial charge is 0.477 e. The molecule has 1 saturated heterocycles. The zero-order valence-electron chi connectivity index (χ0n) is 18.2. The van der Waals surface area contributed by atoms with E-state index in [2.05, 4.69) is 15.1 Å². The first-order chi connectivity index (χ1) is 16.4. The van der Waals surface area contributed by atoms with E-state index < -0.39 is 11.7 Å². The summed E-state index contributed by atoms with van der Waals surface area (Å²) in [5, 5.41) is 4.56. The predicted molar refractivity (Wildman–Crippen MR) is 114 cm³/mol. The van der Waals surface area contributed by atoms with Gasteiger partial charge in [-0.15, -0.1) is 0 Å². The molecule has 0 aliphatic carbocycles. The van der Waals surface area contributed by atoms with Gasteiger partial charge in [0, 0.05) is 38.0 Å². The smallest absolute Gasteiger partial charge is 0.417 e. The van der Waals surface area contributed by atoms with E-state index in [1.165, 1.54) is 6.07 Å². The molecule has 5 rings (SSSR count). The number of likely N-dealkylation sites (tertiary alicyclic amines) is 1. The maximum absolute atomic E-state index is 13.6. The summed E-state index contributed by atoms with van der Waals surface area (Å²) in [6.45, 7) is 1.83. The number of hydrogen-bond acceptors (Lipinski definition) is 6. The molecule has 0 bridgehead atoms. The van der Waals surface area contributed by atoms with Crippen molar-refractivity contribution in [2.75, 3.05) is 19.8 Å². The van der Waals surface area contributed by atoms with Crippen LogP contribution in [0.5, 0.6) is 11.8 Å². The molecular weight excluding hydrogens is 451 g/mol. The number of pyridine rings is 2. The van der Waals surface area contributed by atoms with Gasteiger partial charge in [0.05, 0.1) is 29.5 Å². The van der Waals surface area contributed by atoms with Gasteiger partial charge < -0.3 is 14.4 Å². The summed E-state index contributed by atoms with van der Waals surface area (Å²) < 4.78 is 51.4. The highest BCUT2D eigenvalue weighted by Crippen LogP contribution is 2.36. The average Bonchev–Trinajstić information content (AvgIpc) is 3.47. The number of fused-ring (bicyclic) bond motifs is 1. The molecule has 178 valence electrons. The number of amides is 1. The van der Waals surface area contributed by atoms with E-state index in [-0.39, 0.29) is 30.1 Å². The van der Waals surface area contributed by atoms with E-state index in [0.717, 1.165) is 25.1 Å². The van der Waals surface area contributed by atoms with E-state index >= 15 is 0 Å². The zero-order chi connectivity index (χ0) is 23.7. The van der Waals surface area contributed by atoms with Crippen LogP contribution in [0.15, 0.2) is 42.7 Å². The summed E-state index contributed by atoms with van der Waals surface area (Å²) >= 11 is 0. The van der Waals surface area contributed by atoms with Crippen LogP contribution < -0.4 is 9.47 Å². The van der Waals surface area contributed by atoms with Gasteiger partial charge in [-0.1, -0.05) is 6.07 Å². The van der Waals surface area contributed by atoms with Crippen molar-refractivity contribution in [3.8, 4) is 23.0 Å². The van der Waals surface area contributed by atoms with Crippen LogP contribution in [0.2, 0.25) is 0 Å². The summed E-state index contributed by atoms with van der Waals surface area (Å²) in [5.41, 5.74) is 0.608. The summed E-state index contributed by atoms with van der Waals surface area (Å²) in [4.78, 5) is 23.5. The van der Waals surface area contributed by atoms with Crippen molar-refractivity contribution in [1.29, 1.82) is 0 Å². The monoisotopic (exact) mass is 473 g/mol. The highest BCUT2D eigenvalue weighted by molar-refractivity contribution is 6.00. The lowest BCUT2D eigenvalue weighted by atomic mass is 10.1. The third-order valence-corrected chi connectivity index (χ3v) is 5.91. The molecule has 1 atom stereocenters. The standard InChI is InChI=1S/C23H22F3N5O3/c24-23(25,26)15-7-8-18(28-13-15)34-14-16-5-3-10-30(16)21(32)20-19(17-6-1-2-9-27-17)22-31(29-20)11-4-12-33-22/h1-2,6-9,13,16H,3-5,10-12,14H2/t16-/m0/s1. The van der Waals surface area contributed by atoms with Crippen LogP contribution in [-0.2, 0) is 12.7 Å². The van der Waals surface area contributed by atoms with Crippen molar-refractivity contribution in [3.05, 3.63) is 54.0 Å². The first-order valence-corrected chi connectivity index (χ1v) is 11.0. The molecule has 0 saturated carbocycles. The molecule has 3 aromatic heterocycles. The first kappa shape index (κ1) is 22.2. The molecule has 5 heterocycles. The molecule has 3 aromatic rings. The maximum Gasteiger partial charge on any atom is 0.417 e. The molecule has 8 nitrogen and oxygen atoms in total. The van der Waals surface area contributed by atoms with Crippen LogP contribution in [0.25, 0.3) is 11.3 Å². The number of carbonyl (C=O) groups is 1. The number of alkyl halides is 3. The second-order valence-corrected chi connectivity index (χ2v) is 8.16. The Bertz CT molecular complexity index is 1170. The number of ether oxygens (including phenoxy) is 2. The topological polar surface area (TPSA) is 82.4 Å². The molecule has 0 aromatic carbocycles. The van der Waals surface area contributed by atoms with Crippen LogP contribution in [0.3, 0.4) is 0 Å². The fraction of sp³-hybridized carbons (Fsp3) is 0.391. The van der Waals surface area contributed by atoms with E-state index in [0.29, 0.717) is 43.3 Å². The quantitative estimate of drug-likeness (QED) is 0.560. The number of aryl methyl sites for hydroxylation is 1. The fourth-order valence-corrected chi connectivity index (χ4v) is 4.25. The summed E-state index contributed by atoms with van der Waals surface area (Å²) in [7, 11) is 0. The molecule has 0 spiro atoms. The Morgan fingerprint density at radius 3 is 2.76 bits per heavy atom. The van der Waals surface area contributed by atoms with E-state index in [4.69, 9.17) is 9.47 Å². The van der Waals surface area contributed by atoms with Gasteiger partial charge in [0.2, 0.25) is 11.8 Å². The number of halogens is 3. The molecule has 11 heteroatoms. The van der Waals surface area contributed by atoms with Crippen LogP contribution in [0, 0.1) is 0 Å². The van der Waals surface area contributed by atoms with E-state index in [1.807, 2.05) is 12.1 Å². The van der Waals surface area contributed by atoms with Gasteiger partial charge in [0.25, 0.3) is 5.91 Å². The molecule has 0 N–H and O–H groups in total. The van der Waals surface area contributed by atoms with Crippen molar-refractivity contribution < 1.29 is 27.4 Å². The van der Waals surface area contributed by atoms with Gasteiger partial charge in [0.1, 0.15) is 6.61 Å². The highest BCUT2D eigenvalue weighted by atomic mass is 19.4. The van der Waals surface area contributed by atoms with Gasteiger partial charge in [-0.2, -0.15) is 18.3 Å². The lowest BCUT2D eigenvalue weighted by Gasteiger charge is -2.24. The van der Waals surface area contributed by atoms with Crippen molar-refractivity contribution in [3.63, 3.8) is 0 Å². The Balaban J connectivity index is 1.36. The molecule has 0 unspecified atom stereocenters. The van der Waals surface area contributed by atoms with Crippen LogP contribution in [-0.4, -0.2) is 56.4 Å². The Labute approximate surface area is 193 Å². The highest BCUT2D eigenvalue weighted by Gasteiger charge is 2.36. The molecule has 1 fully saturated rings. The number of carbonyl (C=O) groups excluding carboxylic acids is 1. The summed E-state index contributed by atoms with van der Waals surface area (Å²) in [6, 6.07) is 7.30. The van der Waals surface area contributed by atoms with Crippen LogP contribution in [0.4, 0.5) is 13.2 Å². The lowest BCUT2D eigenvalue weighted by Crippen LogP contribution is -2.39. The van der Waals surface area contributed by atoms with Crippen molar-refractivity contribution in [1.82, 2.24) is 24.6 Å². The zero-order valence-corrected chi connectivity index (χ0v) is 18.2. The number of nitrogens with zero attached hydrogens (tertiary/aromatic N) is 5. The number of rotatable bonds is 5. The Kier molecular flexibility index (Phi) is 5.84. The van der Waals surface area contributed by atoms with Gasteiger partial charge in [-0.3, -0.25) is 9.78 Å². The second kappa shape index (κ2) is 8.96. The van der Waals surface area contributed by atoms with E-state index in [1.54, 1.807) is 21.8 Å². The normalized spacial score (nSPS) is 17.9. The number of aromatic nitrogens is 4. The lowest BCUT2D eigenvalue weighted by molar-refractivity contribution is -0.137. The van der Waals surface area contributed by atoms with Gasteiger partial charge >= 0.3 is 6.18 Å². The third kappa shape index (κ3) is 4.29. The van der Waals surface area contributed by atoms with Crippen LogP contribution in [0.1, 0.15) is 35.3 Å². The molecule has 34 heavy (non-hydrogen) atoms. The number of hydrogen-bond donors (Lipinski definition) is 0. The van der Waals surface area contributed by atoms with Crippen LogP contribution >= 0.6 is 0 Å². The fourth-order valence-electron chi connectivity index (χ4n) is 4.25. The molecule has 0 radical (unpaired) electrons.